The maximum atomic E-state index is 11.7. The van der Waals surface area contributed by atoms with Gasteiger partial charge in [-0.3, -0.25) is 9.59 Å². The molecule has 1 aliphatic rings. The molecule has 0 bridgehead atoms. The molecule has 0 saturated carbocycles. The predicted octanol–water partition coefficient (Wildman–Crippen LogP) is -1.08. The molecule has 0 unspecified atom stereocenters. The van der Waals surface area contributed by atoms with E-state index in [0.717, 1.165) is 0 Å². The van der Waals surface area contributed by atoms with Crippen molar-refractivity contribution in [1.82, 2.24) is 0 Å². The Hall–Kier alpha value is -1.82. The molecule has 4 N–H and O–H groups in total. The van der Waals surface area contributed by atoms with Gasteiger partial charge in [-0.15, -0.1) is 0 Å². The molecule has 1 aliphatic heterocycles. The summed E-state index contributed by atoms with van der Waals surface area (Å²) >= 11 is 0. The van der Waals surface area contributed by atoms with Gasteiger partial charge >= 0.3 is 0 Å². The molecule has 0 aromatic heterocycles. The summed E-state index contributed by atoms with van der Waals surface area (Å²) in [5.74, 6) is -0.503. The lowest BCUT2D eigenvalue weighted by Gasteiger charge is -2.08. The molecule has 0 atom stereocenters. The number of rotatable bonds is 0. The van der Waals surface area contributed by atoms with E-state index in [2.05, 4.69) is 0 Å². The van der Waals surface area contributed by atoms with Crippen LogP contribution < -0.4 is 11.5 Å². The van der Waals surface area contributed by atoms with E-state index in [9.17, 15) is 9.59 Å². The minimum absolute atomic E-state index is 0.0913. The van der Waals surface area contributed by atoms with Crippen LogP contribution in [0.4, 0.5) is 0 Å². The van der Waals surface area contributed by atoms with Crippen molar-refractivity contribution in [2.45, 2.75) is 0 Å². The molecule has 1 rings (SSSR count). The van der Waals surface area contributed by atoms with Crippen molar-refractivity contribution in [2.24, 2.45) is 11.5 Å². The van der Waals surface area contributed by atoms with E-state index in [1.807, 2.05) is 0 Å². The van der Waals surface area contributed by atoms with Crippen LogP contribution in [0.1, 0.15) is 0 Å². The van der Waals surface area contributed by atoms with Gasteiger partial charge in [-0.2, -0.15) is 0 Å². The minimum Gasteiger partial charge on any atom is -0.400 e. The van der Waals surface area contributed by atoms with Gasteiger partial charge in [-0.1, -0.05) is 0 Å². The number of ether oxygens (including phenoxy) is 6. The molecule has 10 heteroatoms. The van der Waals surface area contributed by atoms with Gasteiger partial charge in [0.1, 0.15) is 13.2 Å². The summed E-state index contributed by atoms with van der Waals surface area (Å²) in [4.78, 5) is 23.3. The third kappa shape index (κ3) is 14.3. The molecular formula is C18H30N2O8. The van der Waals surface area contributed by atoms with Crippen molar-refractivity contribution in [3.8, 4) is 0 Å². The molecule has 0 fully saturated rings. The van der Waals surface area contributed by atoms with Crippen molar-refractivity contribution >= 4 is 11.6 Å². The summed E-state index contributed by atoms with van der Waals surface area (Å²) in [7, 11) is 0. The van der Waals surface area contributed by atoms with E-state index in [1.54, 1.807) is 0 Å². The summed E-state index contributed by atoms with van der Waals surface area (Å²) in [5, 5.41) is 0. The first-order chi connectivity index (χ1) is 13.6. The van der Waals surface area contributed by atoms with Crippen molar-refractivity contribution < 1.29 is 38.0 Å². The Morgan fingerprint density at radius 3 is 1.14 bits per heavy atom. The van der Waals surface area contributed by atoms with Gasteiger partial charge in [-0.05, 0) is 0 Å². The normalized spacial score (nSPS) is 22.0. The first-order valence-corrected chi connectivity index (χ1v) is 9.02. The van der Waals surface area contributed by atoms with Crippen LogP contribution in [0.2, 0.25) is 0 Å². The monoisotopic (exact) mass is 402 g/mol. The molecule has 0 aromatic rings. The fourth-order valence-electron chi connectivity index (χ4n) is 1.98. The Kier molecular flexibility index (Phi) is 14.0. The third-order valence-corrected chi connectivity index (χ3v) is 3.21. The van der Waals surface area contributed by atoms with E-state index in [4.69, 9.17) is 39.9 Å². The zero-order chi connectivity index (χ0) is 20.5. The summed E-state index contributed by atoms with van der Waals surface area (Å²) in [6.45, 7) is 2.56. The highest BCUT2D eigenvalue weighted by Gasteiger charge is 2.03. The second-order valence-corrected chi connectivity index (χ2v) is 5.81. The average Bonchev–Trinajstić information content (AvgIpc) is 2.64. The lowest BCUT2D eigenvalue weighted by atomic mass is 10.3. The number of ketones is 2. The second-order valence-electron chi connectivity index (χ2n) is 5.81. The van der Waals surface area contributed by atoms with Crippen molar-refractivity contribution in [1.29, 1.82) is 0 Å². The Morgan fingerprint density at radius 2 is 0.786 bits per heavy atom. The Balaban J connectivity index is 2.37. The van der Waals surface area contributed by atoms with Gasteiger partial charge in [0.05, 0.1) is 66.1 Å². The van der Waals surface area contributed by atoms with Crippen LogP contribution in [0.5, 0.6) is 0 Å². The lowest BCUT2D eigenvalue weighted by Crippen LogP contribution is -2.18. The van der Waals surface area contributed by atoms with Crippen LogP contribution in [-0.2, 0) is 38.0 Å². The molecule has 10 nitrogen and oxygen atoms in total. The van der Waals surface area contributed by atoms with Crippen molar-refractivity contribution in [3.63, 3.8) is 0 Å². The van der Waals surface area contributed by atoms with Gasteiger partial charge in [0.15, 0.2) is 11.6 Å². The molecule has 0 amide bonds. The molecule has 0 aromatic carbocycles. The van der Waals surface area contributed by atoms with E-state index in [-0.39, 0.29) is 51.2 Å². The highest BCUT2D eigenvalue weighted by molar-refractivity contribution is 5.91. The molecule has 0 saturated heterocycles. The minimum atomic E-state index is -0.252. The summed E-state index contributed by atoms with van der Waals surface area (Å²) < 4.78 is 31.6. The number of carbonyl (C=O) groups is 2. The Bertz CT molecular complexity index is 478. The summed E-state index contributed by atoms with van der Waals surface area (Å²) in [6.07, 6.45) is 2.58. The topological polar surface area (TPSA) is 142 Å². The Morgan fingerprint density at radius 1 is 0.500 bits per heavy atom. The van der Waals surface area contributed by atoms with E-state index in [0.29, 0.717) is 51.0 Å². The molecule has 0 aliphatic carbocycles. The molecule has 0 spiro atoms. The van der Waals surface area contributed by atoms with Gasteiger partial charge in [0.2, 0.25) is 0 Å². The molecular weight excluding hydrogens is 372 g/mol. The third-order valence-electron chi connectivity index (χ3n) is 3.21. The fourth-order valence-corrected chi connectivity index (χ4v) is 1.98. The highest BCUT2D eigenvalue weighted by Crippen LogP contribution is 1.92. The number of hydrogen-bond acceptors (Lipinski definition) is 10. The number of carbonyl (C=O) groups excluding carboxylic acids is 2. The van der Waals surface area contributed by atoms with Crippen LogP contribution in [0, 0.1) is 0 Å². The van der Waals surface area contributed by atoms with Gasteiger partial charge in [-0.25, -0.2) is 0 Å². The fraction of sp³-hybridized carbons (Fsp3) is 0.667. The SMILES string of the molecule is NC1=CC(=O)COCCOCCOCC(=O)C=C(N)COCCOCCOC1. The lowest BCUT2D eigenvalue weighted by molar-refractivity contribution is -0.119. The van der Waals surface area contributed by atoms with Crippen LogP contribution >= 0.6 is 0 Å². The maximum Gasteiger partial charge on any atom is 0.183 e. The maximum absolute atomic E-state index is 11.7. The van der Waals surface area contributed by atoms with Gasteiger partial charge in [0.25, 0.3) is 0 Å². The van der Waals surface area contributed by atoms with E-state index >= 15 is 0 Å². The largest absolute Gasteiger partial charge is 0.400 e. The molecule has 28 heavy (non-hydrogen) atoms. The van der Waals surface area contributed by atoms with Crippen LogP contribution in [0.3, 0.4) is 0 Å². The molecule has 160 valence electrons. The zero-order valence-electron chi connectivity index (χ0n) is 16.1. The summed E-state index contributed by atoms with van der Waals surface area (Å²) in [6, 6.07) is 0. The average molecular weight is 402 g/mol. The number of nitrogens with two attached hydrogens (primary N) is 2. The standard InChI is InChI=1S/C18H30N2O8/c19-15-9-17(21)13-27-7-3-24-4-8-28-14-18(22)10-16(20)12-26-6-2-23-1-5-25-11-15/h9-10H,1-8,11-14,19-20H2. The predicted molar refractivity (Wildman–Crippen MR) is 99.5 cm³/mol. The molecule has 1 heterocycles. The van der Waals surface area contributed by atoms with E-state index < -0.39 is 0 Å². The zero-order valence-corrected chi connectivity index (χ0v) is 16.1. The van der Waals surface area contributed by atoms with Crippen molar-refractivity contribution in [3.05, 3.63) is 23.5 Å². The number of hydrogen-bond donors (Lipinski definition) is 2. The highest BCUT2D eigenvalue weighted by atomic mass is 16.5. The quantitative estimate of drug-likeness (QED) is 0.514. The van der Waals surface area contributed by atoms with E-state index in [1.165, 1.54) is 12.2 Å². The second kappa shape index (κ2) is 16.2. The first-order valence-electron chi connectivity index (χ1n) is 9.02. The van der Waals surface area contributed by atoms with Crippen LogP contribution in [-0.4, -0.2) is 90.8 Å². The van der Waals surface area contributed by atoms with Crippen molar-refractivity contribution in [2.75, 3.05) is 79.3 Å². The van der Waals surface area contributed by atoms with Gasteiger partial charge < -0.3 is 39.9 Å². The smallest absolute Gasteiger partial charge is 0.183 e. The molecule has 0 radical (unpaired) electrons. The first kappa shape index (κ1) is 24.2. The summed E-state index contributed by atoms with van der Waals surface area (Å²) in [5.41, 5.74) is 12.1. The van der Waals surface area contributed by atoms with Crippen LogP contribution in [0.15, 0.2) is 23.5 Å². The van der Waals surface area contributed by atoms with Crippen LogP contribution in [0.25, 0.3) is 0 Å². The van der Waals surface area contributed by atoms with Gasteiger partial charge in [0, 0.05) is 23.5 Å². The Labute approximate surface area is 164 Å².